The van der Waals surface area contributed by atoms with Crippen LogP contribution in [-0.4, -0.2) is 40.1 Å². The van der Waals surface area contributed by atoms with Crippen molar-refractivity contribution in [1.82, 2.24) is 20.2 Å². The van der Waals surface area contributed by atoms with Crippen molar-refractivity contribution in [2.24, 2.45) is 0 Å². The van der Waals surface area contributed by atoms with E-state index in [9.17, 15) is 8.42 Å². The van der Waals surface area contributed by atoms with E-state index in [1.807, 2.05) is 31.2 Å². The van der Waals surface area contributed by atoms with Gasteiger partial charge in [0.1, 0.15) is 0 Å². The van der Waals surface area contributed by atoms with Crippen molar-refractivity contribution in [1.29, 1.82) is 0 Å². The lowest BCUT2D eigenvalue weighted by atomic mass is 10.1. The number of hydrogen-bond donors (Lipinski definition) is 0. The second-order valence-corrected chi connectivity index (χ2v) is 7.05. The SMILES string of the molecule is Cc1ccccc1-c1nnnn1[C@H]1CCS(=O)(=O)C1. The number of sulfone groups is 1. The van der Waals surface area contributed by atoms with Gasteiger partial charge in [0.25, 0.3) is 0 Å². The predicted octanol–water partition coefficient (Wildman–Crippen LogP) is 1.01. The Balaban J connectivity index is 2.03. The molecule has 1 aromatic carbocycles. The first-order valence-electron chi connectivity index (χ1n) is 6.11. The number of aromatic nitrogens is 4. The van der Waals surface area contributed by atoms with Crippen LogP contribution in [0, 0.1) is 6.92 Å². The molecule has 0 radical (unpaired) electrons. The van der Waals surface area contributed by atoms with Gasteiger partial charge >= 0.3 is 0 Å². The zero-order valence-electron chi connectivity index (χ0n) is 10.5. The van der Waals surface area contributed by atoms with Crippen LogP contribution >= 0.6 is 0 Å². The Hall–Kier alpha value is -1.76. The molecular weight excluding hydrogens is 264 g/mol. The summed E-state index contributed by atoms with van der Waals surface area (Å²) in [6.07, 6.45) is 0.576. The minimum Gasteiger partial charge on any atom is -0.229 e. The molecule has 1 fully saturated rings. The molecule has 0 saturated carbocycles. The molecule has 0 aliphatic carbocycles. The van der Waals surface area contributed by atoms with E-state index in [1.165, 1.54) is 0 Å². The summed E-state index contributed by atoms with van der Waals surface area (Å²) in [4.78, 5) is 0. The van der Waals surface area contributed by atoms with Crippen molar-refractivity contribution in [3.8, 4) is 11.4 Å². The molecule has 1 saturated heterocycles. The molecule has 2 aromatic rings. The molecule has 0 N–H and O–H groups in total. The second-order valence-electron chi connectivity index (χ2n) is 4.82. The number of hydrogen-bond acceptors (Lipinski definition) is 5. The Bertz CT molecular complexity index is 708. The molecular formula is C12H14N4O2S. The maximum Gasteiger partial charge on any atom is 0.182 e. The van der Waals surface area contributed by atoms with E-state index in [4.69, 9.17) is 0 Å². The van der Waals surface area contributed by atoms with Crippen LogP contribution in [0.25, 0.3) is 11.4 Å². The summed E-state index contributed by atoms with van der Waals surface area (Å²) in [6, 6.07) is 7.65. The fourth-order valence-electron chi connectivity index (χ4n) is 2.41. The second kappa shape index (κ2) is 4.41. The van der Waals surface area contributed by atoms with E-state index in [-0.39, 0.29) is 17.5 Å². The van der Waals surface area contributed by atoms with Gasteiger partial charge in [0, 0.05) is 5.56 Å². The predicted molar refractivity (Wildman–Crippen MR) is 70.3 cm³/mol. The number of tetrazole rings is 1. The highest BCUT2D eigenvalue weighted by Crippen LogP contribution is 2.28. The van der Waals surface area contributed by atoms with E-state index in [2.05, 4.69) is 15.5 Å². The van der Waals surface area contributed by atoms with E-state index < -0.39 is 9.84 Å². The van der Waals surface area contributed by atoms with Gasteiger partial charge in [0.05, 0.1) is 17.5 Å². The molecule has 100 valence electrons. The summed E-state index contributed by atoms with van der Waals surface area (Å²) >= 11 is 0. The number of rotatable bonds is 2. The van der Waals surface area contributed by atoms with Gasteiger partial charge in [0.15, 0.2) is 15.7 Å². The lowest BCUT2D eigenvalue weighted by molar-refractivity contribution is 0.489. The van der Waals surface area contributed by atoms with Crippen LogP contribution in [0.2, 0.25) is 0 Å². The van der Waals surface area contributed by atoms with Crippen molar-refractivity contribution < 1.29 is 8.42 Å². The van der Waals surface area contributed by atoms with E-state index in [0.29, 0.717) is 12.2 Å². The third kappa shape index (κ3) is 2.25. The van der Waals surface area contributed by atoms with Crippen LogP contribution in [0.3, 0.4) is 0 Å². The molecule has 0 unspecified atom stereocenters. The Morgan fingerprint density at radius 3 is 2.79 bits per heavy atom. The Labute approximate surface area is 111 Å². The fraction of sp³-hybridized carbons (Fsp3) is 0.417. The van der Waals surface area contributed by atoms with Crippen molar-refractivity contribution in [2.75, 3.05) is 11.5 Å². The van der Waals surface area contributed by atoms with Gasteiger partial charge in [-0.15, -0.1) is 5.10 Å². The highest BCUT2D eigenvalue weighted by Gasteiger charge is 2.32. The summed E-state index contributed by atoms with van der Waals surface area (Å²) in [5, 5.41) is 11.7. The van der Waals surface area contributed by atoms with Gasteiger partial charge in [-0.25, -0.2) is 13.1 Å². The smallest absolute Gasteiger partial charge is 0.182 e. The van der Waals surface area contributed by atoms with Crippen LogP contribution in [0.15, 0.2) is 24.3 Å². The molecule has 1 aromatic heterocycles. The topological polar surface area (TPSA) is 77.7 Å². The third-order valence-electron chi connectivity index (χ3n) is 3.43. The van der Waals surface area contributed by atoms with Crippen LogP contribution in [-0.2, 0) is 9.84 Å². The third-order valence-corrected chi connectivity index (χ3v) is 5.18. The van der Waals surface area contributed by atoms with Crippen molar-refractivity contribution >= 4 is 9.84 Å². The van der Waals surface area contributed by atoms with Crippen LogP contribution in [0.1, 0.15) is 18.0 Å². The van der Waals surface area contributed by atoms with Crippen molar-refractivity contribution in [2.45, 2.75) is 19.4 Å². The van der Waals surface area contributed by atoms with E-state index in [1.54, 1.807) is 4.68 Å². The van der Waals surface area contributed by atoms with Gasteiger partial charge in [-0.2, -0.15) is 0 Å². The standard InChI is InChI=1S/C12H14N4O2S/c1-9-4-2-3-5-11(9)12-13-14-15-16(12)10-6-7-19(17,18)8-10/h2-5,10H,6-8H2,1H3/t10-/m0/s1. The first kappa shape index (κ1) is 12.3. The zero-order chi connectivity index (χ0) is 13.5. The average molecular weight is 278 g/mol. The molecule has 3 rings (SSSR count). The monoisotopic (exact) mass is 278 g/mol. The van der Waals surface area contributed by atoms with Gasteiger partial charge in [-0.1, -0.05) is 24.3 Å². The minimum absolute atomic E-state index is 0.122. The summed E-state index contributed by atoms with van der Waals surface area (Å²) in [7, 11) is -2.95. The zero-order valence-corrected chi connectivity index (χ0v) is 11.3. The maximum absolute atomic E-state index is 11.6. The lowest BCUT2D eigenvalue weighted by Gasteiger charge is -2.11. The maximum atomic E-state index is 11.6. The summed E-state index contributed by atoms with van der Waals surface area (Å²) in [5.41, 5.74) is 2.01. The molecule has 0 amide bonds. The fourth-order valence-corrected chi connectivity index (χ4v) is 4.10. The number of nitrogens with zero attached hydrogens (tertiary/aromatic N) is 4. The molecule has 6 nitrogen and oxygen atoms in total. The molecule has 0 spiro atoms. The molecule has 1 atom stereocenters. The van der Waals surface area contributed by atoms with Gasteiger partial charge in [0.2, 0.25) is 0 Å². The highest BCUT2D eigenvalue weighted by molar-refractivity contribution is 7.91. The van der Waals surface area contributed by atoms with Gasteiger partial charge in [-0.05, 0) is 29.3 Å². The Kier molecular flexibility index (Phi) is 2.85. The molecule has 0 bridgehead atoms. The quantitative estimate of drug-likeness (QED) is 0.819. The first-order valence-corrected chi connectivity index (χ1v) is 7.93. The average Bonchev–Trinajstić information content (AvgIpc) is 2.96. The van der Waals surface area contributed by atoms with E-state index >= 15 is 0 Å². The number of benzene rings is 1. The lowest BCUT2D eigenvalue weighted by Crippen LogP contribution is -2.14. The van der Waals surface area contributed by atoms with Crippen LogP contribution in [0.4, 0.5) is 0 Å². The Morgan fingerprint density at radius 1 is 1.32 bits per heavy atom. The van der Waals surface area contributed by atoms with Gasteiger partial charge < -0.3 is 0 Å². The largest absolute Gasteiger partial charge is 0.229 e. The number of aryl methyl sites for hydroxylation is 1. The van der Waals surface area contributed by atoms with Crippen LogP contribution in [0.5, 0.6) is 0 Å². The molecule has 19 heavy (non-hydrogen) atoms. The molecule has 1 aliphatic heterocycles. The summed E-state index contributed by atoms with van der Waals surface area (Å²) < 4.78 is 24.8. The molecule has 2 heterocycles. The normalized spacial score (nSPS) is 21.6. The minimum atomic E-state index is -2.95. The summed E-state index contributed by atoms with van der Waals surface area (Å²) in [5.74, 6) is 0.974. The highest BCUT2D eigenvalue weighted by atomic mass is 32.2. The molecule has 7 heteroatoms. The van der Waals surface area contributed by atoms with Crippen molar-refractivity contribution in [3.05, 3.63) is 29.8 Å². The first-order chi connectivity index (χ1) is 9.07. The summed E-state index contributed by atoms with van der Waals surface area (Å²) in [6.45, 7) is 1.99. The van der Waals surface area contributed by atoms with Crippen LogP contribution < -0.4 is 0 Å². The van der Waals surface area contributed by atoms with Gasteiger partial charge in [-0.3, -0.25) is 0 Å². The Morgan fingerprint density at radius 2 is 2.11 bits per heavy atom. The van der Waals surface area contributed by atoms with Crippen molar-refractivity contribution in [3.63, 3.8) is 0 Å². The van der Waals surface area contributed by atoms with E-state index in [0.717, 1.165) is 11.1 Å². The molecule has 1 aliphatic rings.